The Labute approximate surface area is 137 Å². The molecule has 0 rings (SSSR count). The van der Waals surface area contributed by atoms with E-state index < -0.39 is 10.0 Å². The van der Waals surface area contributed by atoms with Crippen molar-refractivity contribution in [1.29, 1.82) is 0 Å². The Morgan fingerprint density at radius 1 is 0.905 bits per heavy atom. The summed E-state index contributed by atoms with van der Waals surface area (Å²) in [4.78, 5) is 0. The fourth-order valence-corrected chi connectivity index (χ4v) is 4.43. The van der Waals surface area contributed by atoms with Gasteiger partial charge in [-0.15, -0.1) is 11.6 Å². The van der Waals surface area contributed by atoms with Crippen LogP contribution in [0.15, 0.2) is 0 Å². The molecule has 128 valence electrons. The second-order valence-electron chi connectivity index (χ2n) is 6.06. The highest BCUT2D eigenvalue weighted by molar-refractivity contribution is 7.89. The maximum absolute atomic E-state index is 12.5. The molecular weight excluding hydrogens is 306 g/mol. The predicted molar refractivity (Wildman–Crippen MR) is 93.5 cm³/mol. The highest BCUT2D eigenvalue weighted by Gasteiger charge is 2.23. The van der Waals surface area contributed by atoms with E-state index in [1.165, 1.54) is 25.7 Å². The first-order valence-corrected chi connectivity index (χ1v) is 10.7. The first kappa shape index (κ1) is 21.2. The molecule has 0 aromatic carbocycles. The lowest BCUT2D eigenvalue weighted by molar-refractivity contribution is 0.383. The van der Waals surface area contributed by atoms with Gasteiger partial charge in [0.05, 0.1) is 5.75 Å². The van der Waals surface area contributed by atoms with Crippen molar-refractivity contribution in [3.63, 3.8) is 0 Å². The molecule has 0 fully saturated rings. The summed E-state index contributed by atoms with van der Waals surface area (Å²) in [7, 11) is -3.16. The Morgan fingerprint density at radius 3 is 1.76 bits per heavy atom. The Bertz CT molecular complexity index is 321. The maximum atomic E-state index is 12.5. The van der Waals surface area contributed by atoms with E-state index in [2.05, 4.69) is 13.8 Å². The second kappa shape index (κ2) is 12.7. The number of sulfonamides is 1. The number of hydrogen-bond acceptors (Lipinski definition) is 2. The van der Waals surface area contributed by atoms with Crippen LogP contribution in [0.3, 0.4) is 0 Å². The van der Waals surface area contributed by atoms with Gasteiger partial charge in [-0.1, -0.05) is 59.3 Å². The molecule has 1 unspecified atom stereocenters. The minimum absolute atomic E-state index is 0.0189. The molecule has 0 saturated heterocycles. The van der Waals surface area contributed by atoms with Gasteiger partial charge in [-0.2, -0.15) is 0 Å². The van der Waals surface area contributed by atoms with Gasteiger partial charge >= 0.3 is 0 Å². The van der Waals surface area contributed by atoms with E-state index in [1.807, 2.05) is 6.92 Å². The lowest BCUT2D eigenvalue weighted by Crippen LogP contribution is -2.36. The van der Waals surface area contributed by atoms with Crippen molar-refractivity contribution in [1.82, 2.24) is 4.31 Å². The number of nitrogens with zero attached hydrogens (tertiary/aromatic N) is 1. The van der Waals surface area contributed by atoms with Crippen LogP contribution in [0.5, 0.6) is 0 Å². The zero-order chi connectivity index (χ0) is 16.1. The van der Waals surface area contributed by atoms with Crippen molar-refractivity contribution >= 4 is 21.6 Å². The molecule has 0 bridgehead atoms. The largest absolute Gasteiger partial charge is 0.214 e. The van der Waals surface area contributed by atoms with Crippen molar-refractivity contribution < 1.29 is 8.42 Å². The van der Waals surface area contributed by atoms with Crippen LogP contribution >= 0.6 is 11.6 Å². The van der Waals surface area contributed by atoms with Gasteiger partial charge in [-0.3, -0.25) is 0 Å². The molecule has 0 spiro atoms. The van der Waals surface area contributed by atoms with Crippen LogP contribution in [0.1, 0.15) is 72.1 Å². The Kier molecular flexibility index (Phi) is 12.8. The van der Waals surface area contributed by atoms with Crippen LogP contribution < -0.4 is 0 Å². The molecule has 0 N–H and O–H groups in total. The highest BCUT2D eigenvalue weighted by atomic mass is 35.5. The molecule has 5 heteroatoms. The molecule has 0 aliphatic carbocycles. The molecule has 0 radical (unpaired) electrons. The van der Waals surface area contributed by atoms with Crippen molar-refractivity contribution in [2.24, 2.45) is 5.92 Å². The van der Waals surface area contributed by atoms with E-state index in [4.69, 9.17) is 11.6 Å². The van der Waals surface area contributed by atoms with Gasteiger partial charge in [-0.25, -0.2) is 12.7 Å². The van der Waals surface area contributed by atoms with Gasteiger partial charge < -0.3 is 0 Å². The van der Waals surface area contributed by atoms with Gasteiger partial charge in [0.1, 0.15) is 0 Å². The van der Waals surface area contributed by atoms with Crippen LogP contribution in [-0.4, -0.2) is 37.4 Å². The van der Waals surface area contributed by atoms with Crippen molar-refractivity contribution in [2.45, 2.75) is 72.1 Å². The molecule has 1 atom stereocenters. The first-order valence-electron chi connectivity index (χ1n) is 8.51. The van der Waals surface area contributed by atoms with Gasteiger partial charge in [-0.05, 0) is 18.8 Å². The molecule has 0 aromatic heterocycles. The first-order chi connectivity index (χ1) is 9.97. The summed E-state index contributed by atoms with van der Waals surface area (Å²) in [6, 6.07) is 0. The fraction of sp³-hybridized carbons (Fsp3) is 1.00. The molecular formula is C16H34ClNO2S. The monoisotopic (exact) mass is 339 g/mol. The third kappa shape index (κ3) is 10.5. The van der Waals surface area contributed by atoms with E-state index in [0.717, 1.165) is 25.7 Å². The zero-order valence-corrected chi connectivity index (χ0v) is 15.7. The molecule has 0 saturated carbocycles. The number of halogens is 1. The third-order valence-corrected chi connectivity index (χ3v) is 6.34. The molecule has 0 aliphatic heterocycles. The summed E-state index contributed by atoms with van der Waals surface area (Å²) in [5, 5.41) is 0. The number of alkyl halides is 1. The topological polar surface area (TPSA) is 37.4 Å². The van der Waals surface area contributed by atoms with E-state index in [0.29, 0.717) is 19.0 Å². The smallest absolute Gasteiger partial charge is 0.212 e. The van der Waals surface area contributed by atoms with Crippen LogP contribution in [-0.2, 0) is 10.0 Å². The van der Waals surface area contributed by atoms with Crippen molar-refractivity contribution in [2.75, 3.05) is 24.7 Å². The summed E-state index contributed by atoms with van der Waals surface area (Å²) in [6.45, 7) is 7.58. The van der Waals surface area contributed by atoms with Crippen molar-refractivity contribution in [3.05, 3.63) is 0 Å². The van der Waals surface area contributed by atoms with Crippen LogP contribution in [0, 0.1) is 5.92 Å². The highest BCUT2D eigenvalue weighted by Crippen LogP contribution is 2.13. The van der Waals surface area contributed by atoms with Crippen LogP contribution in [0.2, 0.25) is 0 Å². The fourth-order valence-electron chi connectivity index (χ4n) is 2.33. The van der Waals surface area contributed by atoms with Crippen LogP contribution in [0.25, 0.3) is 0 Å². The molecule has 0 aliphatic rings. The molecule has 3 nitrogen and oxygen atoms in total. The van der Waals surface area contributed by atoms with E-state index in [-0.39, 0.29) is 11.7 Å². The zero-order valence-electron chi connectivity index (χ0n) is 14.1. The second-order valence-corrected chi connectivity index (χ2v) is 8.38. The number of hydrogen-bond donors (Lipinski definition) is 0. The summed E-state index contributed by atoms with van der Waals surface area (Å²) < 4.78 is 26.7. The van der Waals surface area contributed by atoms with E-state index in [1.54, 1.807) is 4.31 Å². The SMILES string of the molecule is CCCCCCN(CCCCCC)S(=O)(=O)CC(C)CCl. The maximum Gasteiger partial charge on any atom is 0.214 e. The lowest BCUT2D eigenvalue weighted by atomic mass is 10.2. The van der Waals surface area contributed by atoms with Gasteiger partial charge in [0.15, 0.2) is 0 Å². The normalized spacial score (nSPS) is 13.8. The summed E-state index contributed by atoms with van der Waals surface area (Å²) in [5.74, 6) is 0.599. The number of rotatable bonds is 14. The average molecular weight is 340 g/mol. The minimum atomic E-state index is -3.16. The summed E-state index contributed by atoms with van der Waals surface area (Å²) >= 11 is 5.77. The Hall–Kier alpha value is 0.200. The summed E-state index contributed by atoms with van der Waals surface area (Å²) in [6.07, 6.45) is 8.87. The molecule has 0 heterocycles. The third-order valence-electron chi connectivity index (χ3n) is 3.67. The molecule has 0 aromatic rings. The summed E-state index contributed by atoms with van der Waals surface area (Å²) in [5.41, 5.74) is 0. The van der Waals surface area contributed by atoms with Crippen LogP contribution in [0.4, 0.5) is 0 Å². The minimum Gasteiger partial charge on any atom is -0.212 e. The van der Waals surface area contributed by atoms with E-state index >= 15 is 0 Å². The van der Waals surface area contributed by atoms with Crippen molar-refractivity contribution in [3.8, 4) is 0 Å². The quantitative estimate of drug-likeness (QED) is 0.341. The standard InChI is InChI=1S/C16H34ClNO2S/c1-4-6-8-10-12-18(13-11-9-7-5-2)21(19,20)15-16(3)14-17/h16H,4-15H2,1-3H3. The predicted octanol–water partition coefficient (Wildman–Crippen LogP) is 4.65. The van der Waals surface area contributed by atoms with Gasteiger partial charge in [0, 0.05) is 19.0 Å². The van der Waals surface area contributed by atoms with Gasteiger partial charge in [0.25, 0.3) is 0 Å². The number of unbranched alkanes of at least 4 members (excludes halogenated alkanes) is 6. The molecule has 21 heavy (non-hydrogen) atoms. The van der Waals surface area contributed by atoms with Gasteiger partial charge in [0.2, 0.25) is 10.0 Å². The molecule has 0 amide bonds. The Balaban J connectivity index is 4.45. The van der Waals surface area contributed by atoms with E-state index in [9.17, 15) is 8.42 Å². The lowest BCUT2D eigenvalue weighted by Gasteiger charge is -2.23. The Morgan fingerprint density at radius 2 is 1.38 bits per heavy atom. The average Bonchev–Trinajstić information content (AvgIpc) is 2.44.